The minimum absolute atomic E-state index is 0.407. The molecule has 0 fully saturated rings. The third kappa shape index (κ3) is 2.18. The van der Waals surface area contributed by atoms with Crippen LogP contribution in [0.5, 0.6) is 0 Å². The van der Waals surface area contributed by atoms with E-state index in [-0.39, 0.29) is 0 Å². The molecule has 2 unspecified atom stereocenters. The van der Waals surface area contributed by atoms with Crippen LogP contribution in [0.1, 0.15) is 0 Å². The Kier molecular flexibility index (Phi) is 3.05. The van der Waals surface area contributed by atoms with E-state index in [0.717, 1.165) is 0 Å². The van der Waals surface area contributed by atoms with Gasteiger partial charge in [-0.05, 0) is 12.1 Å². The van der Waals surface area contributed by atoms with E-state index in [9.17, 15) is 8.42 Å². The lowest BCUT2D eigenvalue weighted by Gasteiger charge is -1.95. The molecule has 1 aromatic heterocycles. The molecule has 1 rings (SSSR count). The first-order valence-corrected chi connectivity index (χ1v) is 6.23. The van der Waals surface area contributed by atoms with Crippen molar-refractivity contribution in [1.82, 2.24) is 10.2 Å². The van der Waals surface area contributed by atoms with E-state index >= 15 is 0 Å². The van der Waals surface area contributed by atoms with Gasteiger partial charge < -0.3 is 0 Å². The molecule has 66 valence electrons. The third-order valence-electron chi connectivity index (χ3n) is 1.20. The summed E-state index contributed by atoms with van der Waals surface area (Å²) < 4.78 is 21.7. The molecule has 1 heterocycles. The van der Waals surface area contributed by atoms with Gasteiger partial charge in [0.25, 0.3) is 0 Å². The zero-order valence-electron chi connectivity index (χ0n) is 6.68. The van der Waals surface area contributed by atoms with Crippen molar-refractivity contribution in [1.29, 1.82) is 0 Å². The second-order valence-corrected chi connectivity index (χ2v) is 4.77. The normalized spacial score (nSPS) is 15.5. The molecular formula is C6H8N2O2S2. The monoisotopic (exact) mass is 204 g/mol. The van der Waals surface area contributed by atoms with Gasteiger partial charge in [0.15, 0.2) is 0 Å². The van der Waals surface area contributed by atoms with Crippen molar-refractivity contribution in [3.8, 4) is 0 Å². The Labute approximate surface area is 75.3 Å². The summed E-state index contributed by atoms with van der Waals surface area (Å²) in [6, 6.07) is 3.14. The van der Waals surface area contributed by atoms with Crippen LogP contribution in [0.4, 0.5) is 0 Å². The highest BCUT2D eigenvalue weighted by Gasteiger charge is 2.02. The van der Waals surface area contributed by atoms with Gasteiger partial charge in [-0.3, -0.25) is 8.42 Å². The van der Waals surface area contributed by atoms with Crippen LogP contribution in [0.3, 0.4) is 0 Å². The van der Waals surface area contributed by atoms with Crippen LogP contribution >= 0.6 is 0 Å². The fourth-order valence-electron chi connectivity index (χ4n) is 0.614. The van der Waals surface area contributed by atoms with E-state index < -0.39 is 21.6 Å². The van der Waals surface area contributed by atoms with Crippen LogP contribution in [0.15, 0.2) is 22.2 Å². The van der Waals surface area contributed by atoms with E-state index in [1.54, 1.807) is 12.1 Å². The quantitative estimate of drug-likeness (QED) is 0.677. The average molecular weight is 204 g/mol. The molecule has 6 heteroatoms. The fourth-order valence-corrected chi connectivity index (χ4v) is 1.45. The molecule has 0 N–H and O–H groups in total. The van der Waals surface area contributed by atoms with Crippen LogP contribution < -0.4 is 0 Å². The molecule has 4 nitrogen and oxygen atoms in total. The van der Waals surface area contributed by atoms with Gasteiger partial charge in [-0.15, -0.1) is 10.2 Å². The molecule has 0 aromatic carbocycles. The zero-order chi connectivity index (χ0) is 9.14. The minimum Gasteiger partial charge on any atom is -0.253 e. The fraction of sp³-hybridized carbons (Fsp3) is 0.333. The van der Waals surface area contributed by atoms with Crippen LogP contribution in [0.2, 0.25) is 0 Å². The number of aromatic nitrogens is 2. The Balaban J connectivity index is 3.01. The lowest BCUT2D eigenvalue weighted by molar-refractivity contribution is 0.673. The van der Waals surface area contributed by atoms with Gasteiger partial charge in [-0.2, -0.15) is 0 Å². The summed E-state index contributed by atoms with van der Waals surface area (Å²) in [5, 5.41) is 8.13. The number of hydrogen-bond donors (Lipinski definition) is 0. The van der Waals surface area contributed by atoms with Crippen LogP contribution in [-0.4, -0.2) is 31.1 Å². The molecule has 0 spiro atoms. The standard InChI is InChI=1S/C6H8N2O2S2/c1-11(9)5-3-4-6(8-7-5)12(2)10/h3-4H,1-2H3. The van der Waals surface area contributed by atoms with Gasteiger partial charge in [0.2, 0.25) is 0 Å². The summed E-state index contributed by atoms with van der Waals surface area (Å²) in [5.41, 5.74) is 0. The summed E-state index contributed by atoms with van der Waals surface area (Å²) >= 11 is 0. The molecule has 0 bridgehead atoms. The van der Waals surface area contributed by atoms with Crippen molar-refractivity contribution in [2.24, 2.45) is 0 Å². The third-order valence-corrected chi connectivity index (χ3v) is 2.82. The molecule has 0 aliphatic heterocycles. The van der Waals surface area contributed by atoms with Crippen LogP contribution in [0, 0.1) is 0 Å². The van der Waals surface area contributed by atoms with Gasteiger partial charge in [0.1, 0.15) is 10.1 Å². The lowest BCUT2D eigenvalue weighted by atomic mass is 10.6. The van der Waals surface area contributed by atoms with Crippen molar-refractivity contribution in [3.05, 3.63) is 12.1 Å². The maximum absolute atomic E-state index is 10.9. The van der Waals surface area contributed by atoms with Crippen molar-refractivity contribution in [2.45, 2.75) is 10.1 Å². The molecule has 2 atom stereocenters. The van der Waals surface area contributed by atoms with Gasteiger partial charge in [-0.1, -0.05) is 0 Å². The summed E-state index contributed by atoms with van der Waals surface area (Å²) in [4.78, 5) is 0. The van der Waals surface area contributed by atoms with Gasteiger partial charge in [0, 0.05) is 12.5 Å². The van der Waals surface area contributed by atoms with Gasteiger partial charge >= 0.3 is 0 Å². The Morgan fingerprint density at radius 1 is 1.00 bits per heavy atom. The first-order valence-electron chi connectivity index (χ1n) is 3.12. The van der Waals surface area contributed by atoms with E-state index in [2.05, 4.69) is 10.2 Å². The molecule has 0 aliphatic rings. The molecule has 0 saturated carbocycles. The molecular weight excluding hydrogens is 196 g/mol. The van der Waals surface area contributed by atoms with Crippen LogP contribution in [0.25, 0.3) is 0 Å². The zero-order valence-corrected chi connectivity index (χ0v) is 8.32. The molecule has 0 amide bonds. The first-order chi connectivity index (χ1) is 5.61. The summed E-state index contributed by atoms with van der Waals surface area (Å²) in [6.45, 7) is 0. The molecule has 0 aliphatic carbocycles. The Morgan fingerprint density at radius 3 is 1.50 bits per heavy atom. The summed E-state index contributed by atoms with van der Waals surface area (Å²) in [5.74, 6) is 0. The predicted molar refractivity (Wildman–Crippen MR) is 46.7 cm³/mol. The number of hydrogen-bond acceptors (Lipinski definition) is 4. The highest BCUT2D eigenvalue weighted by Crippen LogP contribution is 2.02. The maximum Gasteiger partial charge on any atom is 0.149 e. The summed E-state index contributed by atoms with van der Waals surface area (Å²) in [6.07, 6.45) is 3.04. The Morgan fingerprint density at radius 2 is 1.33 bits per heavy atom. The molecule has 12 heavy (non-hydrogen) atoms. The number of rotatable bonds is 2. The Hall–Kier alpha value is -0.620. The largest absolute Gasteiger partial charge is 0.253 e. The average Bonchev–Trinajstić information content (AvgIpc) is 2.04. The van der Waals surface area contributed by atoms with E-state index in [1.807, 2.05) is 0 Å². The minimum atomic E-state index is -1.12. The van der Waals surface area contributed by atoms with Crippen molar-refractivity contribution in [3.63, 3.8) is 0 Å². The molecule has 0 saturated heterocycles. The van der Waals surface area contributed by atoms with Crippen molar-refractivity contribution >= 4 is 21.6 Å². The second-order valence-electron chi connectivity index (χ2n) is 2.12. The first kappa shape index (κ1) is 9.47. The van der Waals surface area contributed by atoms with E-state index in [0.29, 0.717) is 10.1 Å². The second kappa shape index (κ2) is 3.86. The Bertz CT molecular complexity index is 290. The number of nitrogens with zero attached hydrogens (tertiary/aromatic N) is 2. The van der Waals surface area contributed by atoms with Gasteiger partial charge in [0.05, 0.1) is 21.6 Å². The summed E-state index contributed by atoms with van der Waals surface area (Å²) in [7, 11) is -2.25. The predicted octanol–water partition coefficient (Wildman–Crippen LogP) is -0.0486. The van der Waals surface area contributed by atoms with Crippen molar-refractivity contribution in [2.75, 3.05) is 12.5 Å². The topological polar surface area (TPSA) is 59.9 Å². The molecule has 1 aromatic rings. The van der Waals surface area contributed by atoms with Crippen molar-refractivity contribution < 1.29 is 8.42 Å². The van der Waals surface area contributed by atoms with Crippen LogP contribution in [-0.2, 0) is 21.6 Å². The maximum atomic E-state index is 10.9. The van der Waals surface area contributed by atoms with E-state index in [1.165, 1.54) is 12.5 Å². The molecule has 0 radical (unpaired) electrons. The lowest BCUT2D eigenvalue weighted by Crippen LogP contribution is -1.99. The smallest absolute Gasteiger partial charge is 0.149 e. The highest BCUT2D eigenvalue weighted by molar-refractivity contribution is 7.84. The van der Waals surface area contributed by atoms with E-state index in [4.69, 9.17) is 0 Å². The van der Waals surface area contributed by atoms with Gasteiger partial charge in [-0.25, -0.2) is 0 Å². The SMILES string of the molecule is CS(=O)c1ccc(S(C)=O)nn1. The highest BCUT2D eigenvalue weighted by atomic mass is 32.2.